The third kappa shape index (κ3) is 2.56. The summed E-state index contributed by atoms with van der Waals surface area (Å²) in [7, 11) is 0. The Morgan fingerprint density at radius 2 is 2.04 bits per heavy atom. The zero-order valence-corrected chi connectivity index (χ0v) is 14.9. The minimum atomic E-state index is -0.810. The van der Waals surface area contributed by atoms with Crippen LogP contribution in [-0.4, -0.2) is 48.2 Å². The maximum Gasteiger partial charge on any atom is 0.311 e. The first-order valence-corrected chi connectivity index (χ1v) is 9.16. The molecular formula is C18H20BrNO4. The van der Waals surface area contributed by atoms with E-state index in [1.165, 1.54) is 5.56 Å². The smallest absolute Gasteiger partial charge is 0.311 e. The number of aliphatic carboxylic acids is 1. The van der Waals surface area contributed by atoms with Crippen LogP contribution >= 0.6 is 15.9 Å². The molecule has 0 spiro atoms. The number of carbonyl (C=O) groups is 2. The van der Waals surface area contributed by atoms with E-state index >= 15 is 0 Å². The van der Waals surface area contributed by atoms with E-state index in [2.05, 4.69) is 28.1 Å². The summed E-state index contributed by atoms with van der Waals surface area (Å²) in [5.41, 5.74) is 0.375. The van der Waals surface area contributed by atoms with Crippen LogP contribution in [0.4, 0.5) is 0 Å². The van der Waals surface area contributed by atoms with Crippen molar-refractivity contribution in [2.24, 2.45) is 17.3 Å². The third-order valence-corrected chi connectivity index (χ3v) is 6.38. The van der Waals surface area contributed by atoms with Crippen LogP contribution < -0.4 is 0 Å². The van der Waals surface area contributed by atoms with E-state index in [1.807, 2.05) is 12.1 Å². The standard InChI is InChI=1S/C18H20BrNO4/c19-13-3-1-11(2-4-13)14-7-15(14)16(21)20-8-12-9-24-6-5-18(12,10-20)17(22)23/h1-4,12,14-15H,5-10H2,(H,22,23)/t12-,14?,15?,18+/m0/s1. The summed E-state index contributed by atoms with van der Waals surface area (Å²) in [6.07, 6.45) is 1.36. The van der Waals surface area contributed by atoms with E-state index in [1.54, 1.807) is 4.90 Å². The van der Waals surface area contributed by atoms with Crippen LogP contribution in [-0.2, 0) is 14.3 Å². The Morgan fingerprint density at radius 1 is 1.29 bits per heavy atom. The van der Waals surface area contributed by atoms with Gasteiger partial charge < -0.3 is 14.7 Å². The zero-order valence-electron chi connectivity index (χ0n) is 13.3. The summed E-state index contributed by atoms with van der Waals surface area (Å²) in [6, 6.07) is 8.10. The molecule has 2 aliphatic heterocycles. The van der Waals surface area contributed by atoms with Crippen LogP contribution in [0.15, 0.2) is 28.7 Å². The summed E-state index contributed by atoms with van der Waals surface area (Å²) < 4.78 is 6.49. The normalized spacial score (nSPS) is 34.7. The topological polar surface area (TPSA) is 66.8 Å². The van der Waals surface area contributed by atoms with Crippen molar-refractivity contribution < 1.29 is 19.4 Å². The fraction of sp³-hybridized carbons (Fsp3) is 0.556. The van der Waals surface area contributed by atoms with Crippen molar-refractivity contribution in [3.8, 4) is 0 Å². The van der Waals surface area contributed by atoms with Gasteiger partial charge in [0.1, 0.15) is 0 Å². The molecule has 1 amide bonds. The molecule has 1 aromatic carbocycles. The Bertz CT molecular complexity index is 676. The van der Waals surface area contributed by atoms with Crippen LogP contribution in [0, 0.1) is 17.3 Å². The average Bonchev–Trinajstić information content (AvgIpc) is 3.26. The Balaban J connectivity index is 1.47. The lowest BCUT2D eigenvalue weighted by molar-refractivity contribution is -0.157. The second-order valence-electron chi connectivity index (χ2n) is 7.20. The highest BCUT2D eigenvalue weighted by Crippen LogP contribution is 2.51. The molecule has 128 valence electrons. The minimum absolute atomic E-state index is 0.00177. The first-order chi connectivity index (χ1) is 11.5. The molecule has 1 saturated carbocycles. The van der Waals surface area contributed by atoms with Gasteiger partial charge in [-0.25, -0.2) is 0 Å². The zero-order chi connectivity index (χ0) is 16.9. The number of fused-ring (bicyclic) bond motifs is 1. The molecule has 1 aromatic rings. The fourth-order valence-corrected chi connectivity index (χ4v) is 4.51. The molecule has 24 heavy (non-hydrogen) atoms. The molecule has 2 unspecified atom stereocenters. The largest absolute Gasteiger partial charge is 0.481 e. The van der Waals surface area contributed by atoms with Gasteiger partial charge in [-0.05, 0) is 36.5 Å². The van der Waals surface area contributed by atoms with E-state index < -0.39 is 11.4 Å². The van der Waals surface area contributed by atoms with Crippen LogP contribution in [0.5, 0.6) is 0 Å². The van der Waals surface area contributed by atoms with Gasteiger partial charge >= 0.3 is 5.97 Å². The number of amides is 1. The summed E-state index contributed by atoms with van der Waals surface area (Å²) in [5, 5.41) is 9.71. The molecule has 2 saturated heterocycles. The Morgan fingerprint density at radius 3 is 2.71 bits per heavy atom. The molecule has 3 aliphatic rings. The van der Waals surface area contributed by atoms with Gasteiger partial charge in [0.05, 0.1) is 12.0 Å². The molecule has 6 heteroatoms. The van der Waals surface area contributed by atoms with Gasteiger partial charge in [0.15, 0.2) is 0 Å². The molecular weight excluding hydrogens is 374 g/mol. The number of ether oxygens (including phenoxy) is 1. The van der Waals surface area contributed by atoms with Gasteiger partial charge in [0.2, 0.25) is 5.91 Å². The van der Waals surface area contributed by atoms with Gasteiger partial charge in [-0.1, -0.05) is 28.1 Å². The molecule has 0 aromatic heterocycles. The highest BCUT2D eigenvalue weighted by molar-refractivity contribution is 9.10. The molecule has 2 heterocycles. The lowest BCUT2D eigenvalue weighted by Crippen LogP contribution is -2.45. The first-order valence-electron chi connectivity index (χ1n) is 8.37. The van der Waals surface area contributed by atoms with Crippen LogP contribution in [0.3, 0.4) is 0 Å². The number of likely N-dealkylation sites (tertiary alicyclic amines) is 1. The van der Waals surface area contributed by atoms with Crippen molar-refractivity contribution in [3.05, 3.63) is 34.3 Å². The summed E-state index contributed by atoms with van der Waals surface area (Å²) in [4.78, 5) is 26.5. The van der Waals surface area contributed by atoms with E-state index in [0.717, 1.165) is 10.9 Å². The molecule has 1 N–H and O–H groups in total. The van der Waals surface area contributed by atoms with Crippen molar-refractivity contribution in [1.82, 2.24) is 4.90 Å². The lowest BCUT2D eigenvalue weighted by atomic mass is 9.74. The Kier molecular flexibility index (Phi) is 3.92. The SMILES string of the molecule is O=C(C1CC1c1ccc(Br)cc1)N1C[C@H]2COCC[C@@]2(C(=O)O)C1. The number of carbonyl (C=O) groups excluding carboxylic acids is 1. The molecule has 0 radical (unpaired) electrons. The lowest BCUT2D eigenvalue weighted by Gasteiger charge is -2.33. The maximum absolute atomic E-state index is 12.8. The Labute approximate surface area is 149 Å². The van der Waals surface area contributed by atoms with Gasteiger partial charge in [0, 0.05) is 36.0 Å². The minimum Gasteiger partial charge on any atom is -0.481 e. The van der Waals surface area contributed by atoms with Crippen LogP contribution in [0.2, 0.25) is 0 Å². The first kappa shape index (κ1) is 16.1. The van der Waals surface area contributed by atoms with Gasteiger partial charge in [-0.3, -0.25) is 9.59 Å². The third-order valence-electron chi connectivity index (χ3n) is 5.85. The van der Waals surface area contributed by atoms with Gasteiger partial charge in [0.25, 0.3) is 0 Å². The van der Waals surface area contributed by atoms with E-state index in [0.29, 0.717) is 32.7 Å². The number of hydrogen-bond donors (Lipinski definition) is 1. The van der Waals surface area contributed by atoms with E-state index in [4.69, 9.17) is 4.74 Å². The monoisotopic (exact) mass is 393 g/mol. The number of halogens is 1. The fourth-order valence-electron chi connectivity index (χ4n) is 4.25. The second-order valence-corrected chi connectivity index (χ2v) is 8.12. The molecule has 1 aliphatic carbocycles. The molecule has 4 rings (SSSR count). The number of nitrogens with zero attached hydrogens (tertiary/aromatic N) is 1. The second kappa shape index (κ2) is 5.85. The molecule has 3 fully saturated rings. The number of carboxylic acids is 1. The van der Waals surface area contributed by atoms with Crippen LogP contribution in [0.25, 0.3) is 0 Å². The molecule has 0 bridgehead atoms. The van der Waals surface area contributed by atoms with Crippen molar-refractivity contribution in [1.29, 1.82) is 0 Å². The van der Waals surface area contributed by atoms with Crippen molar-refractivity contribution in [2.45, 2.75) is 18.8 Å². The van der Waals surface area contributed by atoms with Crippen LogP contribution in [0.1, 0.15) is 24.3 Å². The van der Waals surface area contributed by atoms with E-state index in [-0.39, 0.29) is 23.7 Å². The maximum atomic E-state index is 12.8. The summed E-state index contributed by atoms with van der Waals surface area (Å²) in [6.45, 7) is 1.75. The number of carboxylic acid groups (broad SMARTS) is 1. The highest BCUT2D eigenvalue weighted by atomic mass is 79.9. The van der Waals surface area contributed by atoms with Gasteiger partial charge in [-0.15, -0.1) is 0 Å². The molecule has 5 nitrogen and oxygen atoms in total. The van der Waals surface area contributed by atoms with Gasteiger partial charge in [-0.2, -0.15) is 0 Å². The van der Waals surface area contributed by atoms with Crippen molar-refractivity contribution in [2.75, 3.05) is 26.3 Å². The van der Waals surface area contributed by atoms with E-state index in [9.17, 15) is 14.7 Å². The highest BCUT2D eigenvalue weighted by Gasteiger charge is 2.57. The predicted molar refractivity (Wildman–Crippen MR) is 90.6 cm³/mol. The number of hydrogen-bond acceptors (Lipinski definition) is 3. The van der Waals surface area contributed by atoms with Crippen molar-refractivity contribution in [3.63, 3.8) is 0 Å². The Hall–Kier alpha value is -1.40. The number of benzene rings is 1. The molecule has 4 atom stereocenters. The summed E-state index contributed by atoms with van der Waals surface area (Å²) in [5.74, 6) is -0.495. The quantitative estimate of drug-likeness (QED) is 0.856. The predicted octanol–water partition coefficient (Wildman–Crippen LogP) is 2.50. The number of rotatable bonds is 3. The van der Waals surface area contributed by atoms with Crippen molar-refractivity contribution >= 4 is 27.8 Å². The summed E-state index contributed by atoms with van der Waals surface area (Å²) >= 11 is 3.42. The average molecular weight is 394 g/mol.